The Hall–Kier alpha value is -1.26. The van der Waals surface area contributed by atoms with E-state index in [0.29, 0.717) is 18.9 Å². The van der Waals surface area contributed by atoms with Gasteiger partial charge in [-0.2, -0.15) is 0 Å². The van der Waals surface area contributed by atoms with E-state index >= 15 is 0 Å². The average molecular weight is 315 g/mol. The molecule has 0 aliphatic rings. The zero-order valence-electron chi connectivity index (χ0n) is 13.1. The van der Waals surface area contributed by atoms with Gasteiger partial charge in [0.25, 0.3) is 0 Å². The Bertz CT molecular complexity index is 407. The van der Waals surface area contributed by atoms with Gasteiger partial charge in [-0.05, 0) is 36.5 Å². The second kappa shape index (κ2) is 10.5. The van der Waals surface area contributed by atoms with Gasteiger partial charge in [-0.1, -0.05) is 32.9 Å². The number of ether oxygens (including phenoxy) is 1. The first-order chi connectivity index (χ1) is 9.52. The van der Waals surface area contributed by atoms with Crippen molar-refractivity contribution in [3.05, 3.63) is 29.8 Å². The van der Waals surface area contributed by atoms with Crippen molar-refractivity contribution in [2.75, 3.05) is 6.61 Å². The highest BCUT2D eigenvalue weighted by Gasteiger charge is 2.14. The van der Waals surface area contributed by atoms with E-state index in [-0.39, 0.29) is 18.3 Å². The van der Waals surface area contributed by atoms with Crippen LogP contribution in [0.3, 0.4) is 0 Å². The van der Waals surface area contributed by atoms with Crippen molar-refractivity contribution in [2.24, 2.45) is 11.7 Å². The smallest absolute Gasteiger partial charge is 0.237 e. The van der Waals surface area contributed by atoms with E-state index in [1.807, 2.05) is 24.3 Å². The normalized spacial score (nSPS) is 11.7. The summed E-state index contributed by atoms with van der Waals surface area (Å²) < 4.78 is 5.51. The van der Waals surface area contributed by atoms with Gasteiger partial charge in [-0.3, -0.25) is 4.79 Å². The van der Waals surface area contributed by atoms with E-state index in [4.69, 9.17) is 10.5 Å². The van der Waals surface area contributed by atoms with Crippen LogP contribution in [0, 0.1) is 5.92 Å². The van der Waals surface area contributed by atoms with Crippen molar-refractivity contribution in [1.82, 2.24) is 5.32 Å². The highest BCUT2D eigenvalue weighted by molar-refractivity contribution is 5.85. The molecule has 1 atom stereocenters. The van der Waals surface area contributed by atoms with Gasteiger partial charge >= 0.3 is 0 Å². The van der Waals surface area contributed by atoms with Crippen LogP contribution in [0.5, 0.6) is 5.75 Å². The molecule has 0 unspecified atom stereocenters. The average Bonchev–Trinajstić information content (AvgIpc) is 2.42. The number of halogens is 1. The largest absolute Gasteiger partial charge is 0.494 e. The van der Waals surface area contributed by atoms with Crippen LogP contribution in [-0.4, -0.2) is 18.6 Å². The lowest BCUT2D eigenvalue weighted by atomic mass is 10.0. The van der Waals surface area contributed by atoms with Crippen LogP contribution in [0.15, 0.2) is 24.3 Å². The van der Waals surface area contributed by atoms with Crippen molar-refractivity contribution in [3.8, 4) is 5.75 Å². The molecule has 0 heterocycles. The van der Waals surface area contributed by atoms with Crippen molar-refractivity contribution >= 4 is 18.3 Å². The molecule has 4 nitrogen and oxygen atoms in total. The Balaban J connectivity index is 0.00000400. The van der Waals surface area contributed by atoms with Gasteiger partial charge < -0.3 is 15.8 Å². The Morgan fingerprint density at radius 1 is 1.29 bits per heavy atom. The molecule has 120 valence electrons. The molecule has 3 N–H and O–H groups in total. The summed E-state index contributed by atoms with van der Waals surface area (Å²) in [5.74, 6) is 1.19. The summed E-state index contributed by atoms with van der Waals surface area (Å²) in [5, 5.41) is 2.86. The lowest BCUT2D eigenvalue weighted by Gasteiger charge is -2.14. The second-order valence-corrected chi connectivity index (χ2v) is 5.45. The van der Waals surface area contributed by atoms with Crippen LogP contribution in [0.1, 0.15) is 39.2 Å². The molecule has 0 spiro atoms. The first-order valence-corrected chi connectivity index (χ1v) is 7.28. The molecular weight excluding hydrogens is 288 g/mol. The highest BCUT2D eigenvalue weighted by atomic mass is 35.5. The fourth-order valence-corrected chi connectivity index (χ4v) is 1.86. The van der Waals surface area contributed by atoms with E-state index in [0.717, 1.165) is 24.3 Å². The number of hydrogen-bond donors (Lipinski definition) is 2. The zero-order valence-corrected chi connectivity index (χ0v) is 13.9. The number of nitrogens with two attached hydrogens (primary N) is 1. The fourth-order valence-electron chi connectivity index (χ4n) is 1.86. The lowest BCUT2D eigenvalue weighted by molar-refractivity contribution is -0.122. The minimum absolute atomic E-state index is 0. The van der Waals surface area contributed by atoms with Gasteiger partial charge in [0.2, 0.25) is 5.91 Å². The number of carbonyl (C=O) groups excluding carboxylic acids is 1. The van der Waals surface area contributed by atoms with Crippen molar-refractivity contribution in [1.29, 1.82) is 0 Å². The first kappa shape index (κ1) is 19.7. The maximum atomic E-state index is 11.8. The minimum Gasteiger partial charge on any atom is -0.494 e. The topological polar surface area (TPSA) is 64.3 Å². The van der Waals surface area contributed by atoms with Crippen molar-refractivity contribution in [2.45, 2.75) is 46.2 Å². The Labute approximate surface area is 133 Å². The highest BCUT2D eigenvalue weighted by Crippen LogP contribution is 2.12. The van der Waals surface area contributed by atoms with Crippen LogP contribution in [0.4, 0.5) is 0 Å². The number of benzene rings is 1. The lowest BCUT2D eigenvalue weighted by Crippen LogP contribution is -2.40. The molecule has 0 fully saturated rings. The third-order valence-electron chi connectivity index (χ3n) is 2.93. The van der Waals surface area contributed by atoms with Crippen LogP contribution in [0.2, 0.25) is 0 Å². The fraction of sp³-hybridized carbons (Fsp3) is 0.562. The molecule has 0 saturated heterocycles. The molecule has 5 heteroatoms. The van der Waals surface area contributed by atoms with E-state index < -0.39 is 6.04 Å². The van der Waals surface area contributed by atoms with E-state index in [9.17, 15) is 4.79 Å². The minimum atomic E-state index is -0.429. The Morgan fingerprint density at radius 2 is 1.90 bits per heavy atom. The molecule has 0 bridgehead atoms. The van der Waals surface area contributed by atoms with Crippen LogP contribution in [-0.2, 0) is 11.3 Å². The number of rotatable bonds is 8. The van der Waals surface area contributed by atoms with Crippen LogP contribution in [0.25, 0.3) is 0 Å². The maximum absolute atomic E-state index is 11.8. The predicted molar refractivity (Wildman–Crippen MR) is 88.8 cm³/mol. The van der Waals surface area contributed by atoms with Gasteiger partial charge in [0.05, 0.1) is 12.6 Å². The van der Waals surface area contributed by atoms with Crippen molar-refractivity contribution in [3.63, 3.8) is 0 Å². The summed E-state index contributed by atoms with van der Waals surface area (Å²) >= 11 is 0. The Morgan fingerprint density at radius 3 is 2.43 bits per heavy atom. The molecule has 0 radical (unpaired) electrons. The molecule has 0 aromatic heterocycles. The number of carbonyl (C=O) groups is 1. The molecule has 0 aliphatic heterocycles. The van der Waals surface area contributed by atoms with Gasteiger partial charge in [0.15, 0.2) is 0 Å². The molecule has 1 aromatic rings. The summed E-state index contributed by atoms with van der Waals surface area (Å²) in [6, 6.07) is 7.33. The van der Waals surface area contributed by atoms with Crippen LogP contribution < -0.4 is 15.8 Å². The molecule has 0 aliphatic carbocycles. The third kappa shape index (κ3) is 7.93. The van der Waals surface area contributed by atoms with Crippen molar-refractivity contribution < 1.29 is 9.53 Å². The SMILES string of the molecule is CCCOc1ccc(CNC(=O)[C@@H](N)CC(C)C)cc1.Cl. The van der Waals surface area contributed by atoms with Gasteiger partial charge in [0.1, 0.15) is 5.75 Å². The monoisotopic (exact) mass is 314 g/mol. The summed E-state index contributed by atoms with van der Waals surface area (Å²) in [4.78, 5) is 11.8. The summed E-state index contributed by atoms with van der Waals surface area (Å²) in [7, 11) is 0. The molecule has 1 rings (SSSR count). The molecular formula is C16H27ClN2O2. The number of amides is 1. The maximum Gasteiger partial charge on any atom is 0.237 e. The second-order valence-electron chi connectivity index (χ2n) is 5.45. The van der Waals surface area contributed by atoms with E-state index in [2.05, 4.69) is 26.1 Å². The third-order valence-corrected chi connectivity index (χ3v) is 2.93. The summed E-state index contributed by atoms with van der Waals surface area (Å²) in [5.41, 5.74) is 6.87. The van der Waals surface area contributed by atoms with E-state index in [1.165, 1.54) is 0 Å². The summed E-state index contributed by atoms with van der Waals surface area (Å²) in [6.45, 7) is 7.41. The molecule has 21 heavy (non-hydrogen) atoms. The molecule has 0 saturated carbocycles. The van der Waals surface area contributed by atoms with E-state index in [1.54, 1.807) is 0 Å². The van der Waals surface area contributed by atoms with Gasteiger partial charge in [-0.15, -0.1) is 12.4 Å². The predicted octanol–water partition coefficient (Wildman–Crippen LogP) is 2.89. The zero-order chi connectivity index (χ0) is 15.0. The molecule has 1 amide bonds. The number of hydrogen-bond acceptors (Lipinski definition) is 3. The quantitative estimate of drug-likeness (QED) is 0.775. The standard InChI is InChI=1S/C16H26N2O2.ClH/c1-4-9-20-14-7-5-13(6-8-14)11-18-16(19)15(17)10-12(2)3;/h5-8,12,15H,4,9-11,17H2,1-3H3,(H,18,19);1H/t15-;/m0./s1. The molecule has 1 aromatic carbocycles. The first-order valence-electron chi connectivity index (χ1n) is 7.28. The van der Waals surface area contributed by atoms with Crippen LogP contribution >= 0.6 is 12.4 Å². The van der Waals surface area contributed by atoms with Gasteiger partial charge in [0, 0.05) is 6.54 Å². The summed E-state index contributed by atoms with van der Waals surface area (Å²) in [6.07, 6.45) is 1.70. The number of nitrogens with one attached hydrogen (secondary N) is 1. The van der Waals surface area contributed by atoms with Gasteiger partial charge in [-0.25, -0.2) is 0 Å². The Kier molecular flexibility index (Phi) is 9.84.